The molecule has 0 aliphatic carbocycles. The highest BCUT2D eigenvalue weighted by Crippen LogP contribution is 2.02. The van der Waals surface area contributed by atoms with Crippen LogP contribution in [-0.2, 0) is 0 Å². The summed E-state index contributed by atoms with van der Waals surface area (Å²) in [7, 11) is 3.95. The third-order valence-electron chi connectivity index (χ3n) is 1.85. The number of rotatable bonds is 3. The Kier molecular flexibility index (Phi) is 4.15. The van der Waals surface area contributed by atoms with Gasteiger partial charge in [0.05, 0.1) is 8.80 Å². The highest BCUT2D eigenvalue weighted by atomic mass is 28.3. The van der Waals surface area contributed by atoms with E-state index in [2.05, 4.69) is 39.0 Å². The summed E-state index contributed by atoms with van der Waals surface area (Å²) in [6.07, 6.45) is 1.32. The highest BCUT2D eigenvalue weighted by molar-refractivity contribution is 6.57. The fourth-order valence-electron chi connectivity index (χ4n) is 1.43. The lowest BCUT2D eigenvalue weighted by Gasteiger charge is -2.25. The first-order valence-electron chi connectivity index (χ1n) is 3.76. The van der Waals surface area contributed by atoms with Gasteiger partial charge in [-0.25, -0.2) is 0 Å². The first-order chi connectivity index (χ1) is 4.09. The van der Waals surface area contributed by atoms with Gasteiger partial charge < -0.3 is 4.90 Å². The van der Waals surface area contributed by atoms with Gasteiger partial charge >= 0.3 is 0 Å². The molecule has 0 aliphatic rings. The molecule has 0 saturated carbocycles. The lowest BCUT2D eigenvalue weighted by molar-refractivity contribution is 0.361. The van der Waals surface area contributed by atoms with Crippen molar-refractivity contribution in [3.8, 4) is 0 Å². The van der Waals surface area contributed by atoms with Gasteiger partial charge in [0.15, 0.2) is 0 Å². The molecule has 0 bridgehead atoms. The molecular formula is C7H19NSi. The molecule has 9 heavy (non-hydrogen) atoms. The molecule has 56 valence electrons. The Balaban J connectivity index is 3.68. The van der Waals surface area contributed by atoms with Crippen molar-refractivity contribution >= 4 is 8.80 Å². The zero-order chi connectivity index (χ0) is 7.44. The van der Waals surface area contributed by atoms with Crippen LogP contribution in [0.2, 0.25) is 13.1 Å². The van der Waals surface area contributed by atoms with E-state index in [-0.39, 0.29) is 0 Å². The third kappa shape index (κ3) is 3.01. The molecule has 0 heterocycles. The summed E-state index contributed by atoms with van der Waals surface area (Å²) in [5, 5.41) is 0. The summed E-state index contributed by atoms with van der Waals surface area (Å²) >= 11 is 0. The molecule has 0 spiro atoms. The Bertz CT molecular complexity index is 63.3. The molecule has 0 fully saturated rings. The van der Waals surface area contributed by atoms with Crippen molar-refractivity contribution in [2.24, 2.45) is 0 Å². The lowest BCUT2D eigenvalue weighted by atomic mass is 10.4. The van der Waals surface area contributed by atoms with Crippen LogP contribution in [0.3, 0.4) is 0 Å². The van der Waals surface area contributed by atoms with Crippen LogP contribution in [-0.4, -0.2) is 33.5 Å². The van der Waals surface area contributed by atoms with Crippen LogP contribution in [0, 0.1) is 0 Å². The number of hydrogen-bond acceptors (Lipinski definition) is 1. The summed E-state index contributed by atoms with van der Waals surface area (Å²) in [6, 6.07) is 0. The second-order valence-electron chi connectivity index (χ2n) is 3.18. The van der Waals surface area contributed by atoms with E-state index in [1.165, 1.54) is 6.42 Å². The first kappa shape index (κ1) is 9.18. The van der Waals surface area contributed by atoms with Gasteiger partial charge in [-0.3, -0.25) is 0 Å². The van der Waals surface area contributed by atoms with Crippen molar-refractivity contribution < 1.29 is 0 Å². The monoisotopic (exact) mass is 145 g/mol. The molecule has 0 aliphatic heterocycles. The maximum absolute atomic E-state index is 2.41. The van der Waals surface area contributed by atoms with Gasteiger partial charge in [0.1, 0.15) is 0 Å². The van der Waals surface area contributed by atoms with Crippen molar-refractivity contribution in [2.75, 3.05) is 14.1 Å². The molecular weight excluding hydrogens is 126 g/mol. The molecule has 1 nitrogen and oxygen atoms in total. The van der Waals surface area contributed by atoms with E-state index in [1.807, 2.05) is 0 Å². The molecule has 0 aromatic rings. The highest BCUT2D eigenvalue weighted by Gasteiger charge is 2.12. The summed E-state index contributed by atoms with van der Waals surface area (Å²) in [5.74, 6) is 0. The van der Waals surface area contributed by atoms with E-state index in [1.54, 1.807) is 0 Å². The van der Waals surface area contributed by atoms with Gasteiger partial charge in [-0.1, -0.05) is 20.0 Å². The van der Waals surface area contributed by atoms with Crippen LogP contribution >= 0.6 is 0 Å². The van der Waals surface area contributed by atoms with Crippen molar-refractivity contribution in [2.45, 2.75) is 32.1 Å². The fourth-order valence-corrected chi connectivity index (χ4v) is 3.57. The summed E-state index contributed by atoms with van der Waals surface area (Å²) in [5.41, 5.74) is 0.894. The molecule has 0 radical (unpaired) electrons. The van der Waals surface area contributed by atoms with Gasteiger partial charge in [0.2, 0.25) is 0 Å². The van der Waals surface area contributed by atoms with Crippen molar-refractivity contribution in [3.63, 3.8) is 0 Å². The van der Waals surface area contributed by atoms with E-state index in [0.717, 1.165) is 5.67 Å². The Morgan fingerprint density at radius 1 is 1.33 bits per heavy atom. The summed E-state index contributed by atoms with van der Waals surface area (Å²) in [4.78, 5) is 2.36. The zero-order valence-electron chi connectivity index (χ0n) is 7.31. The molecule has 0 N–H and O–H groups in total. The topological polar surface area (TPSA) is 3.24 Å². The van der Waals surface area contributed by atoms with Gasteiger partial charge in [0, 0.05) is 0 Å². The maximum atomic E-state index is 2.41. The van der Waals surface area contributed by atoms with Gasteiger partial charge in [-0.2, -0.15) is 0 Å². The smallest absolute Gasteiger partial charge is 0.0508 e. The molecule has 1 unspecified atom stereocenters. The molecule has 0 aromatic carbocycles. The van der Waals surface area contributed by atoms with E-state index in [9.17, 15) is 0 Å². The van der Waals surface area contributed by atoms with Crippen molar-refractivity contribution in [1.82, 2.24) is 4.90 Å². The first-order valence-corrected chi connectivity index (χ1v) is 6.73. The van der Waals surface area contributed by atoms with E-state index in [0.29, 0.717) is 0 Å². The minimum Gasteiger partial charge on any atom is -0.310 e. The average molecular weight is 145 g/mol. The largest absolute Gasteiger partial charge is 0.310 e. The van der Waals surface area contributed by atoms with Crippen molar-refractivity contribution in [1.29, 1.82) is 0 Å². The standard InChI is InChI=1S/C7H19NSi/c1-6-7(8(2)3)9(4)5/h7,9H,6H2,1-5H3. The minimum atomic E-state index is -0.417. The van der Waals surface area contributed by atoms with Crippen LogP contribution in [0.5, 0.6) is 0 Å². The Morgan fingerprint density at radius 2 is 1.78 bits per heavy atom. The van der Waals surface area contributed by atoms with Crippen LogP contribution in [0.15, 0.2) is 0 Å². The van der Waals surface area contributed by atoms with Crippen LogP contribution in [0.4, 0.5) is 0 Å². The predicted molar refractivity (Wildman–Crippen MR) is 46.6 cm³/mol. The Morgan fingerprint density at radius 3 is 1.78 bits per heavy atom. The molecule has 0 amide bonds. The van der Waals surface area contributed by atoms with E-state index >= 15 is 0 Å². The second-order valence-corrected chi connectivity index (χ2v) is 6.44. The fraction of sp³-hybridized carbons (Fsp3) is 1.00. The lowest BCUT2D eigenvalue weighted by Crippen LogP contribution is -2.37. The number of hydrogen-bond donors (Lipinski definition) is 0. The summed E-state index contributed by atoms with van der Waals surface area (Å²) in [6.45, 7) is 7.10. The molecule has 1 atom stereocenters. The quantitative estimate of drug-likeness (QED) is 0.542. The molecule has 0 rings (SSSR count). The molecule has 0 saturated heterocycles. The third-order valence-corrected chi connectivity index (χ3v) is 4.46. The van der Waals surface area contributed by atoms with E-state index < -0.39 is 8.80 Å². The SMILES string of the molecule is CCC(N(C)C)[SiH](C)C. The Hall–Kier alpha value is 0.177. The van der Waals surface area contributed by atoms with Crippen LogP contribution in [0.25, 0.3) is 0 Å². The predicted octanol–water partition coefficient (Wildman–Crippen LogP) is 1.35. The zero-order valence-corrected chi connectivity index (χ0v) is 8.46. The second kappa shape index (κ2) is 4.07. The average Bonchev–Trinajstić information content (AvgIpc) is 1.64. The normalized spacial score (nSPS) is 15.0. The van der Waals surface area contributed by atoms with Gasteiger partial charge in [-0.05, 0) is 26.2 Å². The van der Waals surface area contributed by atoms with Crippen LogP contribution < -0.4 is 0 Å². The number of nitrogens with zero attached hydrogens (tertiary/aromatic N) is 1. The van der Waals surface area contributed by atoms with Crippen LogP contribution in [0.1, 0.15) is 13.3 Å². The van der Waals surface area contributed by atoms with Crippen molar-refractivity contribution in [3.05, 3.63) is 0 Å². The van der Waals surface area contributed by atoms with Gasteiger partial charge in [0.25, 0.3) is 0 Å². The van der Waals surface area contributed by atoms with E-state index in [4.69, 9.17) is 0 Å². The van der Waals surface area contributed by atoms with Gasteiger partial charge in [-0.15, -0.1) is 0 Å². The summed E-state index contributed by atoms with van der Waals surface area (Å²) < 4.78 is 0. The minimum absolute atomic E-state index is 0.417. The maximum Gasteiger partial charge on any atom is 0.0508 e. The Labute approximate surface area is 60.7 Å². The molecule has 2 heteroatoms. The molecule has 0 aromatic heterocycles.